The zero-order valence-electron chi connectivity index (χ0n) is 27.0. The number of nitrogens with zero attached hydrogens (tertiary/aromatic N) is 2. The number of piperidine rings is 1. The molecule has 6 atom stereocenters. The number of carbonyl (C=O) groups excluding carboxylic acids is 2. The molecule has 1 unspecified atom stereocenters. The van der Waals surface area contributed by atoms with Crippen LogP contribution in [0, 0.1) is 11.8 Å². The molecule has 2 aliphatic carbocycles. The number of ether oxygens (including phenoxy) is 2. The number of amides is 1. The standard InChI is InChI=1S/C39H44N2O5/c1-25(2)23-41(35(44)19-14-27-10-6-4-7-11-27)31-17-16-30-32-22-29-15-18-34(45-26(3)42)37-36(29)39(30,38(31)46-37)20-21-40(32)24-33(43)28-12-8-5-9-13-28/h4-15,18-19,25,30-33,38,43H,16-17,20-24H2,1-3H3/t30-,31-,32+,33?,38-,39-/m0/s1. The van der Waals surface area contributed by atoms with E-state index in [0.29, 0.717) is 30.5 Å². The van der Waals surface area contributed by atoms with Crippen LogP contribution in [0.3, 0.4) is 0 Å². The van der Waals surface area contributed by atoms with Gasteiger partial charge in [-0.25, -0.2) is 0 Å². The van der Waals surface area contributed by atoms with E-state index in [9.17, 15) is 14.7 Å². The summed E-state index contributed by atoms with van der Waals surface area (Å²) in [6, 6.07) is 23.9. The molecule has 2 bridgehead atoms. The summed E-state index contributed by atoms with van der Waals surface area (Å²) in [4.78, 5) is 30.8. The lowest BCUT2D eigenvalue weighted by molar-refractivity contribution is -0.139. The normalized spacial score (nSPS) is 26.8. The Morgan fingerprint density at radius 2 is 1.80 bits per heavy atom. The molecule has 1 N–H and O–H groups in total. The van der Waals surface area contributed by atoms with E-state index in [1.807, 2.05) is 77.7 Å². The molecule has 240 valence electrons. The first-order valence-electron chi connectivity index (χ1n) is 16.8. The molecule has 46 heavy (non-hydrogen) atoms. The van der Waals surface area contributed by atoms with Crippen LogP contribution in [0.1, 0.15) is 68.4 Å². The van der Waals surface area contributed by atoms with E-state index in [1.165, 1.54) is 18.1 Å². The second-order valence-electron chi connectivity index (χ2n) is 13.9. The van der Waals surface area contributed by atoms with Gasteiger partial charge in [0.15, 0.2) is 11.5 Å². The zero-order valence-corrected chi connectivity index (χ0v) is 27.0. The molecule has 3 aromatic rings. The van der Waals surface area contributed by atoms with Crippen LogP contribution in [0.25, 0.3) is 6.08 Å². The molecule has 7 heteroatoms. The number of benzene rings is 3. The van der Waals surface area contributed by atoms with E-state index < -0.39 is 6.10 Å². The summed E-state index contributed by atoms with van der Waals surface area (Å²) >= 11 is 0. The van der Waals surface area contributed by atoms with Crippen molar-refractivity contribution in [2.24, 2.45) is 11.8 Å². The molecule has 0 radical (unpaired) electrons. The lowest BCUT2D eigenvalue weighted by Gasteiger charge is -2.60. The van der Waals surface area contributed by atoms with Crippen LogP contribution in [0.5, 0.6) is 11.5 Å². The Labute approximate surface area is 271 Å². The summed E-state index contributed by atoms with van der Waals surface area (Å²) in [5.74, 6) is 1.35. The predicted octanol–water partition coefficient (Wildman–Crippen LogP) is 5.95. The number of hydrogen-bond acceptors (Lipinski definition) is 6. The van der Waals surface area contributed by atoms with Gasteiger partial charge in [-0.1, -0.05) is 80.6 Å². The average molecular weight is 621 g/mol. The van der Waals surface area contributed by atoms with Crippen LogP contribution in [-0.4, -0.2) is 64.6 Å². The van der Waals surface area contributed by atoms with Crippen molar-refractivity contribution in [2.45, 2.75) is 76.2 Å². The summed E-state index contributed by atoms with van der Waals surface area (Å²) < 4.78 is 12.8. The number of likely N-dealkylation sites (tertiary alicyclic amines) is 1. The minimum absolute atomic E-state index is 0.00632. The van der Waals surface area contributed by atoms with Gasteiger partial charge in [-0.3, -0.25) is 14.5 Å². The Hall–Kier alpha value is -3.94. The molecule has 1 amide bonds. The molecule has 3 aromatic carbocycles. The van der Waals surface area contributed by atoms with Crippen molar-refractivity contribution in [2.75, 3.05) is 19.6 Å². The zero-order chi connectivity index (χ0) is 32.0. The molecule has 1 spiro atoms. The van der Waals surface area contributed by atoms with Crippen LogP contribution in [0.4, 0.5) is 0 Å². The van der Waals surface area contributed by atoms with Crippen LogP contribution in [-0.2, 0) is 21.4 Å². The van der Waals surface area contributed by atoms with Crippen molar-refractivity contribution >= 4 is 18.0 Å². The molecule has 2 heterocycles. The Morgan fingerprint density at radius 3 is 2.52 bits per heavy atom. The van der Waals surface area contributed by atoms with E-state index in [1.54, 1.807) is 6.08 Å². The van der Waals surface area contributed by atoms with Crippen LogP contribution >= 0.6 is 0 Å². The van der Waals surface area contributed by atoms with E-state index >= 15 is 0 Å². The monoisotopic (exact) mass is 620 g/mol. The van der Waals surface area contributed by atoms with E-state index in [0.717, 1.165) is 43.4 Å². The number of hydrogen-bond donors (Lipinski definition) is 1. The van der Waals surface area contributed by atoms with E-state index in [-0.39, 0.29) is 41.4 Å². The van der Waals surface area contributed by atoms with Gasteiger partial charge in [0, 0.05) is 43.1 Å². The first-order valence-corrected chi connectivity index (χ1v) is 16.8. The molecule has 1 saturated heterocycles. The lowest BCUT2D eigenvalue weighted by Crippen LogP contribution is -2.69. The van der Waals surface area contributed by atoms with Crippen LogP contribution in [0.15, 0.2) is 78.9 Å². The number of aliphatic hydroxyl groups excluding tert-OH is 1. The third-order valence-electron chi connectivity index (χ3n) is 10.7. The summed E-state index contributed by atoms with van der Waals surface area (Å²) in [5, 5.41) is 11.3. The van der Waals surface area contributed by atoms with Crippen molar-refractivity contribution in [1.29, 1.82) is 0 Å². The van der Waals surface area contributed by atoms with Gasteiger partial charge >= 0.3 is 5.97 Å². The number of rotatable bonds is 9. The predicted molar refractivity (Wildman–Crippen MR) is 177 cm³/mol. The van der Waals surface area contributed by atoms with Gasteiger partial charge in [0.1, 0.15) is 6.10 Å². The minimum Gasteiger partial charge on any atom is -0.483 e. The summed E-state index contributed by atoms with van der Waals surface area (Å²) in [6.45, 7) is 7.75. The smallest absolute Gasteiger partial charge is 0.308 e. The maximum absolute atomic E-state index is 14.0. The van der Waals surface area contributed by atoms with Crippen molar-refractivity contribution < 1.29 is 24.2 Å². The fraction of sp³-hybridized carbons (Fsp3) is 0.436. The molecular weight excluding hydrogens is 576 g/mol. The average Bonchev–Trinajstić information content (AvgIpc) is 3.40. The number of β-amino-alcohol motifs (C(OH)–C–C–N with tert-alkyl or cyclic N) is 1. The fourth-order valence-electron chi connectivity index (χ4n) is 8.98. The highest BCUT2D eigenvalue weighted by atomic mass is 16.6. The quantitative estimate of drug-likeness (QED) is 0.181. The summed E-state index contributed by atoms with van der Waals surface area (Å²) in [5.41, 5.74) is 4.02. The van der Waals surface area contributed by atoms with Gasteiger partial charge in [0.25, 0.3) is 0 Å². The molecule has 0 aromatic heterocycles. The Bertz CT molecular complexity index is 1620. The molecule has 7 rings (SSSR count). The number of carbonyl (C=O) groups is 2. The third kappa shape index (κ3) is 5.33. The Balaban J connectivity index is 1.26. The third-order valence-corrected chi connectivity index (χ3v) is 10.7. The lowest BCUT2D eigenvalue weighted by atomic mass is 9.51. The topological polar surface area (TPSA) is 79.3 Å². The summed E-state index contributed by atoms with van der Waals surface area (Å²) in [6.07, 6.45) is 6.26. The highest BCUT2D eigenvalue weighted by molar-refractivity contribution is 5.92. The first-order chi connectivity index (χ1) is 22.3. The molecule has 1 saturated carbocycles. The van der Waals surface area contributed by atoms with Crippen LogP contribution < -0.4 is 9.47 Å². The van der Waals surface area contributed by atoms with Crippen molar-refractivity contribution in [3.05, 3.63) is 101 Å². The van der Waals surface area contributed by atoms with E-state index in [2.05, 4.69) is 24.8 Å². The van der Waals surface area contributed by atoms with Gasteiger partial charge in [0.05, 0.1) is 12.1 Å². The molecule has 4 aliphatic rings. The van der Waals surface area contributed by atoms with Gasteiger partial charge in [-0.15, -0.1) is 0 Å². The van der Waals surface area contributed by atoms with Crippen molar-refractivity contribution in [1.82, 2.24) is 9.80 Å². The summed E-state index contributed by atoms with van der Waals surface area (Å²) in [7, 11) is 0. The van der Waals surface area contributed by atoms with Crippen LogP contribution in [0.2, 0.25) is 0 Å². The number of esters is 1. The molecule has 2 aliphatic heterocycles. The van der Waals surface area contributed by atoms with E-state index in [4.69, 9.17) is 9.47 Å². The molecule has 2 fully saturated rings. The Morgan fingerprint density at radius 1 is 1.07 bits per heavy atom. The SMILES string of the molecule is CC(=O)Oc1ccc2c3c1O[C@H]1[C@@H](N(CC(C)C)C(=O)C=Cc4ccccc4)CC[C@H]4[C@@H](C2)N(CC(O)c2ccccc2)CC[C@@]341. The highest BCUT2D eigenvalue weighted by Crippen LogP contribution is 2.64. The van der Waals surface area contributed by atoms with Crippen molar-refractivity contribution in [3.8, 4) is 11.5 Å². The first kappa shape index (κ1) is 30.7. The maximum atomic E-state index is 14.0. The van der Waals surface area contributed by atoms with Gasteiger partial charge in [-0.05, 0) is 72.9 Å². The van der Waals surface area contributed by atoms with Gasteiger partial charge in [-0.2, -0.15) is 0 Å². The Kier molecular flexibility index (Phi) is 8.24. The fourth-order valence-corrected chi connectivity index (χ4v) is 8.98. The minimum atomic E-state index is -0.568. The molecule has 7 nitrogen and oxygen atoms in total. The number of aliphatic hydroxyl groups is 1. The second kappa shape index (κ2) is 12.3. The maximum Gasteiger partial charge on any atom is 0.308 e. The van der Waals surface area contributed by atoms with Gasteiger partial charge in [0.2, 0.25) is 5.91 Å². The highest BCUT2D eigenvalue weighted by Gasteiger charge is 2.66. The largest absolute Gasteiger partial charge is 0.483 e. The van der Waals surface area contributed by atoms with Crippen molar-refractivity contribution in [3.63, 3.8) is 0 Å². The second-order valence-corrected chi connectivity index (χ2v) is 13.9. The molecular formula is C39H44N2O5. The van der Waals surface area contributed by atoms with Gasteiger partial charge < -0.3 is 19.5 Å².